The number of anilines is 2. The second-order valence-corrected chi connectivity index (χ2v) is 5.36. The molecule has 1 saturated heterocycles. The molecule has 1 aromatic carbocycles. The number of hydrogen-bond acceptors (Lipinski definition) is 5. The molecule has 6 heteroatoms. The van der Waals surface area contributed by atoms with Gasteiger partial charge in [0, 0.05) is 13.1 Å². The van der Waals surface area contributed by atoms with Crippen LogP contribution in [0.4, 0.5) is 11.4 Å². The average Bonchev–Trinajstić information content (AvgIpc) is 2.81. The summed E-state index contributed by atoms with van der Waals surface area (Å²) in [5.74, 6) is -0.726. The standard InChI is InChI=1S/C14H19N3O3/c1-14(13(16)19)5-6-17(8-14)11-4-3-9(7-10(11)15)12(18)20-2/h3-4,7H,5-6,8,15H2,1-2H3,(H2,16,19). The van der Waals surface area contributed by atoms with Crippen LogP contribution in [0.25, 0.3) is 0 Å². The molecular formula is C14H19N3O3. The van der Waals surface area contributed by atoms with E-state index in [2.05, 4.69) is 4.74 Å². The number of ether oxygens (including phenoxy) is 1. The maximum atomic E-state index is 11.5. The minimum absolute atomic E-state index is 0.301. The number of nitrogens with two attached hydrogens (primary N) is 2. The van der Waals surface area contributed by atoms with E-state index in [1.165, 1.54) is 7.11 Å². The predicted octanol–water partition coefficient (Wildman–Crippen LogP) is 0.757. The van der Waals surface area contributed by atoms with Gasteiger partial charge in [-0.15, -0.1) is 0 Å². The molecule has 1 fully saturated rings. The second-order valence-electron chi connectivity index (χ2n) is 5.36. The second kappa shape index (κ2) is 5.03. The van der Waals surface area contributed by atoms with Crippen LogP contribution in [0.3, 0.4) is 0 Å². The van der Waals surface area contributed by atoms with Crippen molar-refractivity contribution in [3.63, 3.8) is 0 Å². The van der Waals surface area contributed by atoms with E-state index in [-0.39, 0.29) is 5.91 Å². The van der Waals surface area contributed by atoms with E-state index in [1.807, 2.05) is 11.8 Å². The highest BCUT2D eigenvalue weighted by Gasteiger charge is 2.39. The minimum Gasteiger partial charge on any atom is -0.465 e. The molecule has 2 rings (SSSR count). The minimum atomic E-state index is -0.534. The first kappa shape index (κ1) is 14.2. The van der Waals surface area contributed by atoms with E-state index in [0.717, 1.165) is 5.69 Å². The van der Waals surface area contributed by atoms with Gasteiger partial charge < -0.3 is 21.1 Å². The molecule has 0 spiro atoms. The summed E-state index contributed by atoms with van der Waals surface area (Å²) in [5.41, 5.74) is 12.6. The lowest BCUT2D eigenvalue weighted by atomic mass is 9.89. The maximum absolute atomic E-state index is 11.5. The molecule has 0 bridgehead atoms. The van der Waals surface area contributed by atoms with Crippen LogP contribution in [0.15, 0.2) is 18.2 Å². The van der Waals surface area contributed by atoms with Crippen molar-refractivity contribution in [2.75, 3.05) is 30.8 Å². The van der Waals surface area contributed by atoms with Crippen LogP contribution in [0.5, 0.6) is 0 Å². The number of methoxy groups -OCH3 is 1. The van der Waals surface area contributed by atoms with Crippen molar-refractivity contribution in [3.05, 3.63) is 23.8 Å². The zero-order chi connectivity index (χ0) is 14.9. The first-order valence-corrected chi connectivity index (χ1v) is 6.40. The largest absolute Gasteiger partial charge is 0.465 e. The summed E-state index contributed by atoms with van der Waals surface area (Å²) in [6, 6.07) is 5.02. The zero-order valence-electron chi connectivity index (χ0n) is 11.7. The molecule has 108 valence electrons. The van der Waals surface area contributed by atoms with Crippen LogP contribution < -0.4 is 16.4 Å². The van der Waals surface area contributed by atoms with Crippen LogP contribution in [-0.4, -0.2) is 32.1 Å². The van der Waals surface area contributed by atoms with Gasteiger partial charge in [-0.2, -0.15) is 0 Å². The molecule has 1 atom stereocenters. The Morgan fingerprint density at radius 3 is 2.60 bits per heavy atom. The molecule has 1 amide bonds. The topological polar surface area (TPSA) is 98.6 Å². The lowest BCUT2D eigenvalue weighted by molar-refractivity contribution is -0.125. The van der Waals surface area contributed by atoms with Gasteiger partial charge in [-0.3, -0.25) is 4.79 Å². The van der Waals surface area contributed by atoms with Gasteiger partial charge in [0.25, 0.3) is 0 Å². The third-order valence-electron chi connectivity index (χ3n) is 3.86. The van der Waals surface area contributed by atoms with Crippen molar-refractivity contribution in [2.45, 2.75) is 13.3 Å². The van der Waals surface area contributed by atoms with E-state index < -0.39 is 11.4 Å². The van der Waals surface area contributed by atoms with Gasteiger partial charge in [0.05, 0.1) is 29.5 Å². The number of hydrogen-bond donors (Lipinski definition) is 2. The van der Waals surface area contributed by atoms with Gasteiger partial charge in [-0.05, 0) is 31.5 Å². The van der Waals surface area contributed by atoms with Gasteiger partial charge in [0.15, 0.2) is 0 Å². The number of benzene rings is 1. The summed E-state index contributed by atoms with van der Waals surface area (Å²) >= 11 is 0. The first-order chi connectivity index (χ1) is 9.37. The highest BCUT2D eigenvalue weighted by atomic mass is 16.5. The van der Waals surface area contributed by atoms with Crippen molar-refractivity contribution in [2.24, 2.45) is 11.1 Å². The number of carbonyl (C=O) groups excluding carboxylic acids is 2. The highest BCUT2D eigenvalue weighted by molar-refractivity contribution is 5.92. The molecule has 0 aliphatic carbocycles. The molecule has 6 nitrogen and oxygen atoms in total. The summed E-state index contributed by atoms with van der Waals surface area (Å²) in [6.07, 6.45) is 0.695. The van der Waals surface area contributed by atoms with Gasteiger partial charge in [0.2, 0.25) is 5.91 Å². The molecule has 1 unspecified atom stereocenters. The lowest BCUT2D eigenvalue weighted by Gasteiger charge is -2.23. The molecule has 1 aliphatic heterocycles. The molecule has 1 heterocycles. The Kier molecular flexibility index (Phi) is 3.57. The molecule has 20 heavy (non-hydrogen) atoms. The lowest BCUT2D eigenvalue weighted by Crippen LogP contribution is -2.37. The van der Waals surface area contributed by atoms with Crippen molar-refractivity contribution >= 4 is 23.3 Å². The first-order valence-electron chi connectivity index (χ1n) is 6.40. The van der Waals surface area contributed by atoms with E-state index >= 15 is 0 Å². The van der Waals surface area contributed by atoms with Crippen molar-refractivity contribution in [1.29, 1.82) is 0 Å². The Balaban J connectivity index is 2.23. The summed E-state index contributed by atoms with van der Waals surface area (Å²) in [7, 11) is 1.32. The number of amides is 1. The Morgan fingerprint density at radius 2 is 2.10 bits per heavy atom. The van der Waals surface area contributed by atoms with Crippen molar-refractivity contribution in [1.82, 2.24) is 0 Å². The Morgan fingerprint density at radius 1 is 1.40 bits per heavy atom. The zero-order valence-corrected chi connectivity index (χ0v) is 11.7. The van der Waals surface area contributed by atoms with Gasteiger partial charge in [-0.25, -0.2) is 4.79 Å². The number of nitrogens with zero attached hydrogens (tertiary/aromatic N) is 1. The van der Waals surface area contributed by atoms with Crippen LogP contribution in [0.2, 0.25) is 0 Å². The number of nitrogen functional groups attached to an aromatic ring is 1. The van der Waals surface area contributed by atoms with Crippen molar-refractivity contribution < 1.29 is 14.3 Å². The fraction of sp³-hybridized carbons (Fsp3) is 0.429. The Hall–Kier alpha value is -2.24. The van der Waals surface area contributed by atoms with Crippen LogP contribution in [-0.2, 0) is 9.53 Å². The van der Waals surface area contributed by atoms with Gasteiger partial charge >= 0.3 is 5.97 Å². The summed E-state index contributed by atoms with van der Waals surface area (Å²) < 4.78 is 4.65. The van der Waals surface area contributed by atoms with E-state index in [0.29, 0.717) is 30.8 Å². The third-order valence-corrected chi connectivity index (χ3v) is 3.86. The van der Waals surface area contributed by atoms with E-state index in [4.69, 9.17) is 11.5 Å². The highest BCUT2D eigenvalue weighted by Crippen LogP contribution is 2.35. The van der Waals surface area contributed by atoms with Gasteiger partial charge in [-0.1, -0.05) is 0 Å². The van der Waals surface area contributed by atoms with E-state index in [9.17, 15) is 9.59 Å². The predicted molar refractivity (Wildman–Crippen MR) is 76.3 cm³/mol. The maximum Gasteiger partial charge on any atom is 0.337 e. The average molecular weight is 277 g/mol. The molecule has 0 aromatic heterocycles. The molecule has 0 radical (unpaired) electrons. The number of esters is 1. The number of carbonyl (C=O) groups is 2. The van der Waals surface area contributed by atoms with Crippen LogP contribution >= 0.6 is 0 Å². The summed E-state index contributed by atoms with van der Waals surface area (Å²) in [6.45, 7) is 3.10. The Labute approximate surface area is 117 Å². The molecule has 1 aliphatic rings. The fourth-order valence-electron chi connectivity index (χ4n) is 2.46. The fourth-order valence-corrected chi connectivity index (χ4v) is 2.46. The number of primary amides is 1. The quantitative estimate of drug-likeness (QED) is 0.627. The monoisotopic (exact) mass is 277 g/mol. The van der Waals surface area contributed by atoms with Crippen molar-refractivity contribution in [3.8, 4) is 0 Å². The SMILES string of the molecule is COC(=O)c1ccc(N2CCC(C)(C(N)=O)C2)c(N)c1. The third kappa shape index (κ3) is 2.41. The Bertz CT molecular complexity index is 559. The molecular weight excluding hydrogens is 258 g/mol. The number of rotatable bonds is 3. The van der Waals surface area contributed by atoms with Gasteiger partial charge in [0.1, 0.15) is 0 Å². The smallest absolute Gasteiger partial charge is 0.337 e. The molecule has 4 N–H and O–H groups in total. The van der Waals surface area contributed by atoms with E-state index in [1.54, 1.807) is 18.2 Å². The summed E-state index contributed by atoms with van der Waals surface area (Å²) in [4.78, 5) is 24.9. The normalized spacial score (nSPS) is 21.8. The molecule has 1 aromatic rings. The molecule has 0 saturated carbocycles. The van der Waals surface area contributed by atoms with Crippen LogP contribution in [0.1, 0.15) is 23.7 Å². The summed E-state index contributed by atoms with van der Waals surface area (Å²) in [5, 5.41) is 0. The van der Waals surface area contributed by atoms with Crippen LogP contribution in [0, 0.1) is 5.41 Å².